The first-order valence-corrected chi connectivity index (χ1v) is 7.93. The third-order valence-corrected chi connectivity index (χ3v) is 4.61. The Kier molecular flexibility index (Phi) is 4.29. The summed E-state index contributed by atoms with van der Waals surface area (Å²) >= 11 is 0. The lowest BCUT2D eigenvalue weighted by Crippen LogP contribution is -2.40. The predicted octanol–water partition coefficient (Wildman–Crippen LogP) is 1.15. The van der Waals surface area contributed by atoms with Crippen LogP contribution in [0.3, 0.4) is 0 Å². The van der Waals surface area contributed by atoms with E-state index in [1.165, 1.54) is 12.1 Å². The van der Waals surface area contributed by atoms with E-state index in [0.717, 1.165) is 5.56 Å². The molecule has 0 radical (unpaired) electrons. The molecule has 0 aliphatic carbocycles. The van der Waals surface area contributed by atoms with Gasteiger partial charge in [0.1, 0.15) is 11.8 Å². The standard InChI is InChI=1S/C13H17NO5S/c1-2-3-11(13(15)16)14-20(17,18)10-4-5-12-9(8-10)6-7-19-12/h4-5,8,11,14H,2-3,6-7H2,1H3,(H,15,16)/t11-/m0/s1. The van der Waals surface area contributed by atoms with Crippen LogP contribution < -0.4 is 9.46 Å². The van der Waals surface area contributed by atoms with E-state index in [4.69, 9.17) is 9.84 Å². The summed E-state index contributed by atoms with van der Waals surface area (Å²) in [6, 6.07) is 3.47. The lowest BCUT2D eigenvalue weighted by Gasteiger charge is -2.14. The summed E-state index contributed by atoms with van der Waals surface area (Å²) in [4.78, 5) is 11.1. The summed E-state index contributed by atoms with van der Waals surface area (Å²) in [7, 11) is -3.83. The molecule has 1 aromatic rings. The highest BCUT2D eigenvalue weighted by atomic mass is 32.2. The highest BCUT2D eigenvalue weighted by Crippen LogP contribution is 2.27. The second-order valence-corrected chi connectivity index (χ2v) is 6.38. The Morgan fingerprint density at radius 2 is 2.25 bits per heavy atom. The van der Waals surface area contributed by atoms with E-state index in [0.29, 0.717) is 25.2 Å². The minimum atomic E-state index is -3.83. The first-order chi connectivity index (χ1) is 9.44. The Labute approximate surface area is 117 Å². The van der Waals surface area contributed by atoms with Crippen LogP contribution in [0, 0.1) is 0 Å². The molecule has 1 aromatic carbocycles. The van der Waals surface area contributed by atoms with Crippen LogP contribution in [0.5, 0.6) is 5.75 Å². The van der Waals surface area contributed by atoms with E-state index in [9.17, 15) is 13.2 Å². The third kappa shape index (κ3) is 3.10. The van der Waals surface area contributed by atoms with Crippen LogP contribution in [0.4, 0.5) is 0 Å². The number of sulfonamides is 1. The number of ether oxygens (including phenoxy) is 1. The highest BCUT2D eigenvalue weighted by molar-refractivity contribution is 7.89. The van der Waals surface area contributed by atoms with Crippen molar-refractivity contribution in [1.29, 1.82) is 0 Å². The molecule has 0 amide bonds. The quantitative estimate of drug-likeness (QED) is 0.822. The number of fused-ring (bicyclic) bond motifs is 1. The largest absolute Gasteiger partial charge is 0.493 e. The number of aliphatic carboxylic acids is 1. The number of benzene rings is 1. The minimum Gasteiger partial charge on any atom is -0.493 e. The number of hydrogen-bond donors (Lipinski definition) is 2. The van der Waals surface area contributed by atoms with Crippen LogP contribution in [0.2, 0.25) is 0 Å². The van der Waals surface area contributed by atoms with Gasteiger partial charge in [0.2, 0.25) is 10.0 Å². The molecule has 2 rings (SSSR count). The first-order valence-electron chi connectivity index (χ1n) is 6.45. The van der Waals surface area contributed by atoms with Crippen LogP contribution in [-0.2, 0) is 21.2 Å². The zero-order valence-electron chi connectivity index (χ0n) is 11.1. The van der Waals surface area contributed by atoms with Crippen LogP contribution in [0.15, 0.2) is 23.1 Å². The smallest absolute Gasteiger partial charge is 0.321 e. The number of hydrogen-bond acceptors (Lipinski definition) is 4. The first kappa shape index (κ1) is 14.8. The second kappa shape index (κ2) is 5.80. The van der Waals surface area contributed by atoms with Crippen molar-refractivity contribution in [1.82, 2.24) is 4.72 Å². The molecular weight excluding hydrogens is 282 g/mol. The maximum Gasteiger partial charge on any atom is 0.321 e. The topological polar surface area (TPSA) is 92.7 Å². The molecule has 7 heteroatoms. The van der Waals surface area contributed by atoms with Gasteiger partial charge >= 0.3 is 5.97 Å². The molecule has 110 valence electrons. The summed E-state index contributed by atoms with van der Waals surface area (Å²) in [6.07, 6.45) is 1.50. The maximum absolute atomic E-state index is 12.2. The predicted molar refractivity (Wildman–Crippen MR) is 72.3 cm³/mol. The van der Waals surface area contributed by atoms with Gasteiger partial charge in [-0.1, -0.05) is 13.3 Å². The zero-order valence-corrected chi connectivity index (χ0v) is 11.9. The van der Waals surface area contributed by atoms with Crippen molar-refractivity contribution in [3.05, 3.63) is 23.8 Å². The summed E-state index contributed by atoms with van der Waals surface area (Å²) in [5.41, 5.74) is 0.829. The van der Waals surface area contributed by atoms with Gasteiger partial charge in [0, 0.05) is 6.42 Å². The maximum atomic E-state index is 12.2. The SMILES string of the molecule is CCC[C@H](NS(=O)(=O)c1ccc2c(c1)CCO2)C(=O)O. The lowest BCUT2D eigenvalue weighted by molar-refractivity contribution is -0.139. The van der Waals surface area contributed by atoms with Gasteiger partial charge in [-0.05, 0) is 30.2 Å². The third-order valence-electron chi connectivity index (χ3n) is 3.14. The average Bonchev–Trinajstić information content (AvgIpc) is 2.85. The number of nitrogens with one attached hydrogen (secondary N) is 1. The highest BCUT2D eigenvalue weighted by Gasteiger charge is 2.25. The molecule has 1 aliphatic rings. The number of carboxylic acid groups (broad SMARTS) is 1. The molecule has 0 bridgehead atoms. The van der Waals surface area contributed by atoms with Gasteiger partial charge in [0.25, 0.3) is 0 Å². The summed E-state index contributed by atoms with van der Waals surface area (Å²) in [5.74, 6) is -0.479. The molecule has 2 N–H and O–H groups in total. The molecule has 0 fully saturated rings. The molecule has 0 aromatic heterocycles. The molecule has 1 heterocycles. The Bertz CT molecular complexity index is 611. The molecule has 0 saturated heterocycles. The Morgan fingerprint density at radius 1 is 1.50 bits per heavy atom. The number of carbonyl (C=O) groups is 1. The van der Waals surface area contributed by atoms with Gasteiger partial charge in [-0.25, -0.2) is 8.42 Å². The molecule has 1 atom stereocenters. The van der Waals surface area contributed by atoms with Crippen molar-refractivity contribution in [2.45, 2.75) is 37.1 Å². The number of carboxylic acids is 1. The fourth-order valence-corrected chi connectivity index (χ4v) is 3.38. The second-order valence-electron chi connectivity index (χ2n) is 4.67. The van der Waals surface area contributed by atoms with Gasteiger partial charge in [-0.2, -0.15) is 4.72 Å². The Hall–Kier alpha value is -1.60. The Balaban J connectivity index is 2.23. The van der Waals surface area contributed by atoms with E-state index in [1.54, 1.807) is 13.0 Å². The van der Waals surface area contributed by atoms with Crippen LogP contribution in [0.1, 0.15) is 25.3 Å². The summed E-state index contributed by atoms with van der Waals surface area (Å²) < 4.78 is 32.0. The number of rotatable bonds is 6. The summed E-state index contributed by atoms with van der Waals surface area (Å²) in [6.45, 7) is 2.34. The monoisotopic (exact) mass is 299 g/mol. The van der Waals surface area contributed by atoms with Crippen molar-refractivity contribution in [3.63, 3.8) is 0 Å². The van der Waals surface area contributed by atoms with E-state index in [2.05, 4.69) is 4.72 Å². The van der Waals surface area contributed by atoms with E-state index in [1.807, 2.05) is 0 Å². The molecule has 0 unspecified atom stereocenters. The van der Waals surface area contributed by atoms with Crippen LogP contribution in [-0.4, -0.2) is 32.1 Å². The molecule has 0 spiro atoms. The Morgan fingerprint density at radius 3 is 2.90 bits per heavy atom. The van der Waals surface area contributed by atoms with E-state index < -0.39 is 22.0 Å². The van der Waals surface area contributed by atoms with Crippen molar-refractivity contribution in [2.24, 2.45) is 0 Å². The normalized spacial score (nSPS) is 15.4. The van der Waals surface area contributed by atoms with Crippen molar-refractivity contribution in [3.8, 4) is 5.75 Å². The molecule has 6 nitrogen and oxygen atoms in total. The van der Waals surface area contributed by atoms with Crippen LogP contribution in [0.25, 0.3) is 0 Å². The van der Waals surface area contributed by atoms with Gasteiger partial charge in [-0.15, -0.1) is 0 Å². The van der Waals surface area contributed by atoms with E-state index in [-0.39, 0.29) is 11.3 Å². The lowest BCUT2D eigenvalue weighted by atomic mass is 10.2. The summed E-state index contributed by atoms with van der Waals surface area (Å²) in [5, 5.41) is 9.02. The fourth-order valence-electron chi connectivity index (χ4n) is 2.11. The average molecular weight is 299 g/mol. The van der Waals surface area contributed by atoms with Gasteiger partial charge in [0.05, 0.1) is 11.5 Å². The molecule has 0 saturated carbocycles. The molecule has 1 aliphatic heterocycles. The van der Waals surface area contributed by atoms with Gasteiger partial charge in [0.15, 0.2) is 0 Å². The van der Waals surface area contributed by atoms with Gasteiger partial charge in [-0.3, -0.25) is 4.79 Å². The van der Waals surface area contributed by atoms with Crippen LogP contribution >= 0.6 is 0 Å². The molecular formula is C13H17NO5S. The fraction of sp³-hybridized carbons (Fsp3) is 0.462. The zero-order chi connectivity index (χ0) is 14.8. The van der Waals surface area contributed by atoms with E-state index >= 15 is 0 Å². The van der Waals surface area contributed by atoms with Gasteiger partial charge < -0.3 is 9.84 Å². The van der Waals surface area contributed by atoms with Crippen molar-refractivity contribution in [2.75, 3.05) is 6.61 Å². The molecule has 20 heavy (non-hydrogen) atoms. The van der Waals surface area contributed by atoms with Crippen molar-refractivity contribution < 1.29 is 23.1 Å². The van der Waals surface area contributed by atoms with Crippen molar-refractivity contribution >= 4 is 16.0 Å². The minimum absolute atomic E-state index is 0.0732.